The van der Waals surface area contributed by atoms with Gasteiger partial charge in [-0.15, -0.1) is 0 Å². The maximum atomic E-state index is 13.7. The zero-order valence-electron chi connectivity index (χ0n) is 20.7. The molecular formula is C29H25N3O3S2. The Balaban J connectivity index is 1.42. The number of fused-ring (bicyclic) bond motifs is 1. The molecule has 0 bridgehead atoms. The van der Waals surface area contributed by atoms with E-state index < -0.39 is 0 Å². The molecule has 1 saturated heterocycles. The summed E-state index contributed by atoms with van der Waals surface area (Å²) in [6.45, 7) is 6.08. The number of amides is 3. The molecule has 1 fully saturated rings. The Bertz CT molecular complexity index is 1490. The number of carbonyl (C=O) groups excluding carboxylic acids is 3. The zero-order valence-corrected chi connectivity index (χ0v) is 22.3. The normalized spacial score (nSPS) is 17.0. The SMILES string of the molecule is Cc1ccc(CN2C(=O)C(=C3C(=O)N(CC(=O)Nc4ccc(C)cc4C)c4ccccc43)SC2=S)cc1. The van der Waals surface area contributed by atoms with E-state index in [1.54, 1.807) is 12.1 Å². The van der Waals surface area contributed by atoms with Crippen molar-refractivity contribution in [2.45, 2.75) is 27.3 Å². The van der Waals surface area contributed by atoms with Crippen LogP contribution in [0.2, 0.25) is 0 Å². The van der Waals surface area contributed by atoms with E-state index in [0.29, 0.717) is 38.3 Å². The first-order chi connectivity index (χ1) is 17.7. The van der Waals surface area contributed by atoms with Gasteiger partial charge in [-0.3, -0.25) is 24.2 Å². The molecule has 3 aromatic rings. The van der Waals surface area contributed by atoms with Gasteiger partial charge in [-0.2, -0.15) is 0 Å². The zero-order chi connectivity index (χ0) is 26.3. The first kappa shape index (κ1) is 24.9. The fourth-order valence-corrected chi connectivity index (χ4v) is 5.83. The van der Waals surface area contributed by atoms with Crippen molar-refractivity contribution in [3.8, 4) is 0 Å². The molecule has 0 radical (unpaired) electrons. The molecule has 3 amide bonds. The average Bonchev–Trinajstić information content (AvgIpc) is 3.29. The number of carbonyl (C=O) groups is 3. The number of benzene rings is 3. The van der Waals surface area contributed by atoms with Gasteiger partial charge < -0.3 is 5.32 Å². The Morgan fingerprint density at radius 3 is 2.32 bits per heavy atom. The van der Waals surface area contributed by atoms with Crippen LogP contribution in [0.4, 0.5) is 11.4 Å². The molecule has 0 saturated carbocycles. The quantitative estimate of drug-likeness (QED) is 0.357. The van der Waals surface area contributed by atoms with Gasteiger partial charge in [-0.1, -0.05) is 89.7 Å². The highest BCUT2D eigenvalue weighted by atomic mass is 32.2. The number of rotatable bonds is 5. The molecule has 5 rings (SSSR count). The lowest BCUT2D eigenvalue weighted by Gasteiger charge is -2.17. The summed E-state index contributed by atoms with van der Waals surface area (Å²) in [5.74, 6) is -0.994. The van der Waals surface area contributed by atoms with Gasteiger partial charge in [-0.25, -0.2) is 0 Å². The number of aryl methyl sites for hydroxylation is 3. The second-order valence-corrected chi connectivity index (χ2v) is 10.9. The fraction of sp³-hybridized carbons (Fsp3) is 0.172. The molecule has 2 aliphatic rings. The van der Waals surface area contributed by atoms with E-state index in [-0.39, 0.29) is 24.3 Å². The molecule has 6 nitrogen and oxygen atoms in total. The number of nitrogens with zero attached hydrogens (tertiary/aromatic N) is 2. The van der Waals surface area contributed by atoms with Gasteiger partial charge in [0, 0.05) is 11.3 Å². The van der Waals surface area contributed by atoms with Crippen LogP contribution in [0.15, 0.2) is 71.6 Å². The molecule has 0 spiro atoms. The minimum absolute atomic E-state index is 0.170. The Morgan fingerprint density at radius 2 is 1.59 bits per heavy atom. The van der Waals surface area contributed by atoms with Crippen molar-refractivity contribution < 1.29 is 14.4 Å². The van der Waals surface area contributed by atoms with Crippen LogP contribution in [0.1, 0.15) is 27.8 Å². The van der Waals surface area contributed by atoms with E-state index in [2.05, 4.69) is 5.32 Å². The molecule has 3 aromatic carbocycles. The highest BCUT2D eigenvalue weighted by molar-refractivity contribution is 8.26. The van der Waals surface area contributed by atoms with Gasteiger partial charge in [-0.05, 0) is 44.0 Å². The van der Waals surface area contributed by atoms with Crippen LogP contribution in [-0.2, 0) is 20.9 Å². The lowest BCUT2D eigenvalue weighted by atomic mass is 10.1. The second kappa shape index (κ2) is 9.95. The molecule has 2 heterocycles. The van der Waals surface area contributed by atoms with Crippen LogP contribution in [0.25, 0.3) is 5.57 Å². The highest BCUT2D eigenvalue weighted by Gasteiger charge is 2.42. The molecule has 186 valence electrons. The summed E-state index contributed by atoms with van der Waals surface area (Å²) in [5, 5.41) is 2.90. The molecule has 8 heteroatoms. The summed E-state index contributed by atoms with van der Waals surface area (Å²) in [7, 11) is 0. The summed E-state index contributed by atoms with van der Waals surface area (Å²) in [4.78, 5) is 43.4. The maximum Gasteiger partial charge on any atom is 0.267 e. The van der Waals surface area contributed by atoms with E-state index in [1.807, 2.05) is 75.4 Å². The van der Waals surface area contributed by atoms with Crippen molar-refractivity contribution in [1.82, 2.24) is 4.90 Å². The molecule has 0 unspecified atom stereocenters. The van der Waals surface area contributed by atoms with Gasteiger partial charge in [0.1, 0.15) is 10.9 Å². The monoisotopic (exact) mass is 527 g/mol. The van der Waals surface area contributed by atoms with Crippen molar-refractivity contribution in [2.24, 2.45) is 0 Å². The minimum Gasteiger partial charge on any atom is -0.324 e. The maximum absolute atomic E-state index is 13.7. The average molecular weight is 528 g/mol. The first-order valence-electron chi connectivity index (χ1n) is 11.8. The van der Waals surface area contributed by atoms with E-state index in [1.165, 1.54) is 9.80 Å². The number of hydrogen-bond acceptors (Lipinski definition) is 5. The number of thioether (sulfide) groups is 1. The van der Waals surface area contributed by atoms with Crippen LogP contribution in [0.5, 0.6) is 0 Å². The summed E-state index contributed by atoms with van der Waals surface area (Å²) in [5.41, 5.74) is 6.35. The van der Waals surface area contributed by atoms with Crippen molar-refractivity contribution in [2.75, 3.05) is 16.8 Å². The van der Waals surface area contributed by atoms with Crippen LogP contribution in [0.3, 0.4) is 0 Å². The molecule has 37 heavy (non-hydrogen) atoms. The lowest BCUT2D eigenvalue weighted by Crippen LogP contribution is -2.35. The first-order valence-corrected chi connectivity index (χ1v) is 13.1. The Hall–Kier alpha value is -3.75. The molecular weight excluding hydrogens is 502 g/mol. The van der Waals surface area contributed by atoms with Gasteiger partial charge in [0.05, 0.1) is 22.7 Å². The summed E-state index contributed by atoms with van der Waals surface area (Å²) in [6, 6.07) is 20.9. The third kappa shape index (κ3) is 4.82. The van der Waals surface area contributed by atoms with Gasteiger partial charge in [0.25, 0.3) is 11.8 Å². The van der Waals surface area contributed by atoms with Crippen LogP contribution in [-0.4, -0.2) is 33.5 Å². The number of nitrogens with one attached hydrogen (secondary N) is 1. The van der Waals surface area contributed by atoms with Crippen molar-refractivity contribution in [3.05, 3.63) is 99.5 Å². The van der Waals surface area contributed by atoms with E-state index in [4.69, 9.17) is 12.2 Å². The van der Waals surface area contributed by atoms with E-state index in [0.717, 1.165) is 34.0 Å². The molecule has 0 aliphatic carbocycles. The Kier molecular flexibility index (Phi) is 6.70. The standard InChI is InChI=1S/C29H25N3O3S2/c1-17-8-11-20(12-9-17)15-32-28(35)26(37-29(32)36)25-21-6-4-5-7-23(21)31(27(25)34)16-24(33)30-22-13-10-18(2)14-19(22)3/h4-14H,15-16H2,1-3H3,(H,30,33). The minimum atomic E-state index is -0.382. The van der Waals surface area contributed by atoms with Crippen LogP contribution in [0, 0.1) is 20.8 Å². The smallest absolute Gasteiger partial charge is 0.267 e. The van der Waals surface area contributed by atoms with E-state index >= 15 is 0 Å². The molecule has 0 aromatic heterocycles. The predicted octanol–water partition coefficient (Wildman–Crippen LogP) is 5.37. The molecule has 1 N–H and O–H groups in total. The molecule has 2 aliphatic heterocycles. The topological polar surface area (TPSA) is 69.7 Å². The van der Waals surface area contributed by atoms with Gasteiger partial charge in [0.15, 0.2) is 0 Å². The number of thiocarbonyl (C=S) groups is 1. The Morgan fingerprint density at radius 1 is 0.892 bits per heavy atom. The largest absolute Gasteiger partial charge is 0.324 e. The van der Waals surface area contributed by atoms with Crippen molar-refractivity contribution in [3.63, 3.8) is 0 Å². The Labute approximate surface area is 225 Å². The summed E-state index contributed by atoms with van der Waals surface area (Å²) < 4.78 is 0.407. The predicted molar refractivity (Wildman–Crippen MR) is 152 cm³/mol. The number of anilines is 2. The lowest BCUT2D eigenvalue weighted by molar-refractivity contribution is -0.122. The fourth-order valence-electron chi connectivity index (χ4n) is 4.51. The third-order valence-electron chi connectivity index (χ3n) is 6.42. The number of para-hydroxylation sites is 1. The highest BCUT2D eigenvalue weighted by Crippen LogP contribution is 2.44. The van der Waals surface area contributed by atoms with E-state index in [9.17, 15) is 14.4 Å². The second-order valence-electron chi connectivity index (χ2n) is 9.22. The van der Waals surface area contributed by atoms with Crippen molar-refractivity contribution >= 4 is 63.0 Å². The summed E-state index contributed by atoms with van der Waals surface area (Å²) >= 11 is 6.67. The number of hydrogen-bond donors (Lipinski definition) is 1. The van der Waals surface area contributed by atoms with Crippen LogP contribution < -0.4 is 10.2 Å². The molecule has 0 atom stereocenters. The summed E-state index contributed by atoms with van der Waals surface area (Å²) in [6.07, 6.45) is 0. The van der Waals surface area contributed by atoms with Gasteiger partial charge >= 0.3 is 0 Å². The van der Waals surface area contributed by atoms with Gasteiger partial charge in [0.2, 0.25) is 5.91 Å². The third-order valence-corrected chi connectivity index (χ3v) is 7.87. The van der Waals surface area contributed by atoms with Crippen LogP contribution >= 0.6 is 24.0 Å². The van der Waals surface area contributed by atoms with Crippen molar-refractivity contribution in [1.29, 1.82) is 0 Å².